The predicted octanol–water partition coefficient (Wildman–Crippen LogP) is 1.77. The summed E-state index contributed by atoms with van der Waals surface area (Å²) in [5.41, 5.74) is 6.18. The number of nitro benzene ring substituents is 1. The third-order valence-electron chi connectivity index (χ3n) is 3.56. The van der Waals surface area contributed by atoms with Crippen LogP contribution in [0.25, 0.3) is 0 Å². The Morgan fingerprint density at radius 1 is 1.30 bits per heavy atom. The molecular weight excluding hydrogens is 258 g/mol. The van der Waals surface area contributed by atoms with Crippen molar-refractivity contribution < 1.29 is 9.72 Å². The molecule has 0 unspecified atom stereocenters. The lowest BCUT2D eigenvalue weighted by Crippen LogP contribution is -2.53. The molecule has 0 fully saturated rings. The zero-order valence-electron chi connectivity index (χ0n) is 11.9. The van der Waals surface area contributed by atoms with E-state index in [2.05, 4.69) is 5.32 Å². The minimum atomic E-state index is -0.810. The van der Waals surface area contributed by atoms with Gasteiger partial charge in [-0.25, -0.2) is 0 Å². The van der Waals surface area contributed by atoms with Crippen molar-refractivity contribution in [3.05, 3.63) is 39.9 Å². The monoisotopic (exact) mass is 279 g/mol. The van der Waals surface area contributed by atoms with Gasteiger partial charge in [0.25, 0.3) is 5.69 Å². The van der Waals surface area contributed by atoms with Crippen LogP contribution in [0.4, 0.5) is 5.69 Å². The summed E-state index contributed by atoms with van der Waals surface area (Å²) in [4.78, 5) is 22.0. The standard InChI is InChI=1S/C14H21N3O3/c1-3-14(15,4-2)13(18)16-10-9-11-5-7-12(8-6-11)17(19)20/h5-8H,3-4,9-10,15H2,1-2H3,(H,16,18). The zero-order chi connectivity index (χ0) is 15.2. The highest BCUT2D eigenvalue weighted by atomic mass is 16.6. The zero-order valence-corrected chi connectivity index (χ0v) is 11.9. The van der Waals surface area contributed by atoms with E-state index in [-0.39, 0.29) is 11.6 Å². The lowest BCUT2D eigenvalue weighted by Gasteiger charge is -2.25. The van der Waals surface area contributed by atoms with E-state index in [4.69, 9.17) is 5.73 Å². The van der Waals surface area contributed by atoms with Crippen LogP contribution in [-0.4, -0.2) is 22.9 Å². The summed E-state index contributed by atoms with van der Waals surface area (Å²) in [7, 11) is 0. The van der Waals surface area contributed by atoms with E-state index < -0.39 is 10.5 Å². The number of non-ortho nitro benzene ring substituents is 1. The van der Waals surface area contributed by atoms with Gasteiger partial charge in [0.05, 0.1) is 10.5 Å². The molecule has 6 heteroatoms. The van der Waals surface area contributed by atoms with E-state index in [0.29, 0.717) is 25.8 Å². The Bertz CT molecular complexity index is 467. The number of nitro groups is 1. The Labute approximate surface area is 118 Å². The molecule has 0 bridgehead atoms. The summed E-state index contributed by atoms with van der Waals surface area (Å²) in [5, 5.41) is 13.3. The van der Waals surface area contributed by atoms with Gasteiger partial charge in [-0.1, -0.05) is 26.0 Å². The number of amides is 1. The number of nitrogens with two attached hydrogens (primary N) is 1. The summed E-state index contributed by atoms with van der Waals surface area (Å²) in [6, 6.07) is 6.31. The van der Waals surface area contributed by atoms with Crippen molar-refractivity contribution >= 4 is 11.6 Å². The largest absolute Gasteiger partial charge is 0.354 e. The molecule has 3 N–H and O–H groups in total. The second-order valence-electron chi connectivity index (χ2n) is 4.79. The summed E-state index contributed by atoms with van der Waals surface area (Å²) >= 11 is 0. The van der Waals surface area contributed by atoms with Crippen LogP contribution in [0.5, 0.6) is 0 Å². The fourth-order valence-corrected chi connectivity index (χ4v) is 1.85. The molecule has 1 aromatic rings. The third-order valence-corrected chi connectivity index (χ3v) is 3.56. The highest BCUT2D eigenvalue weighted by Gasteiger charge is 2.29. The quantitative estimate of drug-likeness (QED) is 0.587. The Morgan fingerprint density at radius 2 is 1.85 bits per heavy atom. The average Bonchev–Trinajstić information content (AvgIpc) is 2.46. The van der Waals surface area contributed by atoms with Crippen LogP contribution in [0.1, 0.15) is 32.3 Å². The third kappa shape index (κ3) is 4.03. The fraction of sp³-hybridized carbons (Fsp3) is 0.500. The Morgan fingerprint density at radius 3 is 2.30 bits per heavy atom. The average molecular weight is 279 g/mol. The number of nitrogens with zero attached hydrogens (tertiary/aromatic N) is 1. The van der Waals surface area contributed by atoms with Crippen molar-refractivity contribution in [1.82, 2.24) is 5.32 Å². The first kappa shape index (κ1) is 16.1. The highest BCUT2D eigenvalue weighted by molar-refractivity contribution is 5.85. The van der Waals surface area contributed by atoms with Gasteiger partial charge < -0.3 is 11.1 Å². The number of hydrogen-bond acceptors (Lipinski definition) is 4. The molecule has 110 valence electrons. The lowest BCUT2D eigenvalue weighted by atomic mass is 9.93. The van der Waals surface area contributed by atoms with Gasteiger partial charge in [0.2, 0.25) is 5.91 Å². The van der Waals surface area contributed by atoms with Gasteiger partial charge in [0.15, 0.2) is 0 Å². The highest BCUT2D eigenvalue weighted by Crippen LogP contribution is 2.13. The molecule has 20 heavy (non-hydrogen) atoms. The minimum Gasteiger partial charge on any atom is -0.354 e. The van der Waals surface area contributed by atoms with Gasteiger partial charge in [-0.2, -0.15) is 0 Å². The van der Waals surface area contributed by atoms with Gasteiger partial charge >= 0.3 is 0 Å². The van der Waals surface area contributed by atoms with Crippen molar-refractivity contribution in [3.63, 3.8) is 0 Å². The molecule has 1 amide bonds. The summed E-state index contributed by atoms with van der Waals surface area (Å²) in [6.07, 6.45) is 1.80. The molecule has 0 saturated heterocycles. The molecule has 1 aromatic carbocycles. The van der Waals surface area contributed by atoms with E-state index >= 15 is 0 Å². The second kappa shape index (κ2) is 7.00. The summed E-state index contributed by atoms with van der Waals surface area (Å²) in [6.45, 7) is 4.24. The molecule has 0 aliphatic rings. The van der Waals surface area contributed by atoms with Crippen LogP contribution in [0.2, 0.25) is 0 Å². The molecule has 1 rings (SSSR count). The van der Waals surface area contributed by atoms with Gasteiger partial charge in [-0.05, 0) is 24.8 Å². The number of rotatable bonds is 7. The first-order valence-corrected chi connectivity index (χ1v) is 6.73. The van der Waals surface area contributed by atoms with Gasteiger partial charge in [0.1, 0.15) is 0 Å². The first-order chi connectivity index (χ1) is 9.42. The molecule has 0 aliphatic heterocycles. The topological polar surface area (TPSA) is 98.3 Å². The van der Waals surface area contributed by atoms with Crippen molar-refractivity contribution in [2.45, 2.75) is 38.6 Å². The van der Waals surface area contributed by atoms with E-state index in [1.807, 2.05) is 13.8 Å². The maximum atomic E-state index is 11.9. The normalized spacial score (nSPS) is 11.2. The number of carbonyl (C=O) groups is 1. The maximum Gasteiger partial charge on any atom is 0.269 e. The van der Waals surface area contributed by atoms with E-state index in [1.165, 1.54) is 12.1 Å². The Balaban J connectivity index is 2.48. The van der Waals surface area contributed by atoms with Crippen LogP contribution >= 0.6 is 0 Å². The molecule has 0 saturated carbocycles. The summed E-state index contributed by atoms with van der Waals surface area (Å²) < 4.78 is 0. The molecule has 0 aromatic heterocycles. The smallest absolute Gasteiger partial charge is 0.269 e. The first-order valence-electron chi connectivity index (χ1n) is 6.73. The fourth-order valence-electron chi connectivity index (χ4n) is 1.85. The van der Waals surface area contributed by atoms with Crippen molar-refractivity contribution in [3.8, 4) is 0 Å². The molecule has 0 aliphatic carbocycles. The maximum absolute atomic E-state index is 11.9. The SMILES string of the molecule is CCC(N)(CC)C(=O)NCCc1ccc([N+](=O)[O-])cc1. The Hall–Kier alpha value is -1.95. The molecule has 6 nitrogen and oxygen atoms in total. The summed E-state index contributed by atoms with van der Waals surface area (Å²) in [5.74, 6) is -0.149. The van der Waals surface area contributed by atoms with Gasteiger partial charge in [0, 0.05) is 18.7 Å². The van der Waals surface area contributed by atoms with Gasteiger partial charge in [-0.3, -0.25) is 14.9 Å². The molecular formula is C14H21N3O3. The van der Waals surface area contributed by atoms with Gasteiger partial charge in [-0.15, -0.1) is 0 Å². The van der Waals surface area contributed by atoms with E-state index in [1.54, 1.807) is 12.1 Å². The lowest BCUT2D eigenvalue weighted by molar-refractivity contribution is -0.384. The number of benzene rings is 1. The molecule has 0 spiro atoms. The van der Waals surface area contributed by atoms with E-state index in [0.717, 1.165) is 5.56 Å². The molecule has 0 radical (unpaired) electrons. The van der Waals surface area contributed by atoms with Crippen LogP contribution in [0, 0.1) is 10.1 Å². The van der Waals surface area contributed by atoms with Crippen molar-refractivity contribution in [2.24, 2.45) is 5.73 Å². The predicted molar refractivity (Wildman–Crippen MR) is 77.3 cm³/mol. The number of carbonyl (C=O) groups excluding carboxylic acids is 1. The number of nitrogens with one attached hydrogen (secondary N) is 1. The van der Waals surface area contributed by atoms with Crippen LogP contribution in [0.15, 0.2) is 24.3 Å². The van der Waals surface area contributed by atoms with Crippen LogP contribution in [-0.2, 0) is 11.2 Å². The van der Waals surface area contributed by atoms with Crippen LogP contribution < -0.4 is 11.1 Å². The molecule has 0 atom stereocenters. The number of hydrogen-bond donors (Lipinski definition) is 2. The van der Waals surface area contributed by atoms with Crippen LogP contribution in [0.3, 0.4) is 0 Å². The van der Waals surface area contributed by atoms with Crippen molar-refractivity contribution in [2.75, 3.05) is 6.54 Å². The van der Waals surface area contributed by atoms with Crippen molar-refractivity contribution in [1.29, 1.82) is 0 Å². The second-order valence-corrected chi connectivity index (χ2v) is 4.79. The van der Waals surface area contributed by atoms with E-state index in [9.17, 15) is 14.9 Å². The Kier molecular flexibility index (Phi) is 5.64. The minimum absolute atomic E-state index is 0.0655. The molecule has 0 heterocycles.